The standard InChI is InChI=1S/C25H17FN2O3S/c26-18-7-4-6-17(14-18)22-12-11-20(31-22)15-23-24(29)28(16-21-10-5-13-30-21)25(32-23)27-19-8-2-1-3-9-19/h1-15H,16H2/b23-15-,27-25?. The zero-order valence-corrected chi connectivity index (χ0v) is 17.6. The van der Waals surface area contributed by atoms with E-state index in [4.69, 9.17) is 8.83 Å². The van der Waals surface area contributed by atoms with Crippen molar-refractivity contribution in [3.63, 3.8) is 0 Å². The number of para-hydroxylation sites is 1. The van der Waals surface area contributed by atoms with Gasteiger partial charge in [0.25, 0.3) is 5.91 Å². The number of rotatable bonds is 5. The van der Waals surface area contributed by atoms with E-state index < -0.39 is 0 Å². The maximum Gasteiger partial charge on any atom is 0.267 e. The minimum absolute atomic E-state index is 0.190. The van der Waals surface area contributed by atoms with Crippen molar-refractivity contribution in [2.75, 3.05) is 0 Å². The molecule has 0 unspecified atom stereocenters. The highest BCUT2D eigenvalue weighted by Gasteiger charge is 2.34. The van der Waals surface area contributed by atoms with E-state index in [0.29, 0.717) is 32.9 Å². The number of nitrogens with zero attached hydrogens (tertiary/aromatic N) is 2. The van der Waals surface area contributed by atoms with Crippen LogP contribution < -0.4 is 0 Å². The monoisotopic (exact) mass is 444 g/mol. The third-order valence-electron chi connectivity index (χ3n) is 4.77. The lowest BCUT2D eigenvalue weighted by Gasteiger charge is -2.13. The predicted molar refractivity (Wildman–Crippen MR) is 122 cm³/mol. The van der Waals surface area contributed by atoms with Crippen LogP contribution >= 0.6 is 11.8 Å². The topological polar surface area (TPSA) is 59.0 Å². The molecule has 1 saturated heterocycles. The molecular formula is C25H17FN2O3S. The Morgan fingerprint density at radius 3 is 2.66 bits per heavy atom. The molecule has 2 aromatic carbocycles. The van der Waals surface area contributed by atoms with Crippen LogP contribution in [0.1, 0.15) is 11.5 Å². The van der Waals surface area contributed by atoms with Gasteiger partial charge in [-0.25, -0.2) is 9.38 Å². The van der Waals surface area contributed by atoms with Gasteiger partial charge in [-0.1, -0.05) is 30.3 Å². The molecule has 2 aromatic heterocycles. The molecule has 1 aliphatic rings. The van der Waals surface area contributed by atoms with Gasteiger partial charge in [-0.3, -0.25) is 9.69 Å². The van der Waals surface area contributed by atoms with Crippen LogP contribution in [0, 0.1) is 5.82 Å². The number of thioether (sulfide) groups is 1. The summed E-state index contributed by atoms with van der Waals surface area (Å²) in [5, 5.41) is 0.556. The van der Waals surface area contributed by atoms with Gasteiger partial charge in [0, 0.05) is 11.6 Å². The van der Waals surface area contributed by atoms with Crippen LogP contribution in [0.4, 0.5) is 10.1 Å². The van der Waals surface area contributed by atoms with E-state index in [2.05, 4.69) is 4.99 Å². The van der Waals surface area contributed by atoms with E-state index in [9.17, 15) is 9.18 Å². The molecular weight excluding hydrogens is 427 g/mol. The molecule has 1 fully saturated rings. The third kappa shape index (κ3) is 4.29. The molecule has 1 amide bonds. The molecule has 0 saturated carbocycles. The van der Waals surface area contributed by atoms with E-state index in [0.717, 1.165) is 5.69 Å². The molecule has 0 atom stereocenters. The Hall–Kier alpha value is -3.84. The van der Waals surface area contributed by atoms with Gasteiger partial charge in [0.15, 0.2) is 5.17 Å². The van der Waals surface area contributed by atoms with Gasteiger partial charge >= 0.3 is 0 Å². The lowest BCUT2D eigenvalue weighted by atomic mass is 10.2. The van der Waals surface area contributed by atoms with Crippen LogP contribution in [-0.2, 0) is 11.3 Å². The van der Waals surface area contributed by atoms with Gasteiger partial charge in [-0.05, 0) is 60.3 Å². The average molecular weight is 444 g/mol. The van der Waals surface area contributed by atoms with Crippen molar-refractivity contribution >= 4 is 34.6 Å². The Balaban J connectivity index is 1.46. The molecule has 158 valence electrons. The highest BCUT2D eigenvalue weighted by molar-refractivity contribution is 8.18. The maximum atomic E-state index is 13.5. The third-order valence-corrected chi connectivity index (χ3v) is 5.78. The molecule has 32 heavy (non-hydrogen) atoms. The highest BCUT2D eigenvalue weighted by atomic mass is 32.2. The number of carbonyl (C=O) groups excluding carboxylic acids is 1. The zero-order chi connectivity index (χ0) is 21.9. The van der Waals surface area contributed by atoms with Crippen molar-refractivity contribution < 1.29 is 18.0 Å². The summed E-state index contributed by atoms with van der Waals surface area (Å²) in [6.45, 7) is 0.272. The van der Waals surface area contributed by atoms with Crippen LogP contribution in [0.25, 0.3) is 17.4 Å². The number of amides is 1. The normalized spacial score (nSPS) is 16.4. The Labute approximate surface area is 187 Å². The van der Waals surface area contributed by atoms with Crippen LogP contribution in [0.5, 0.6) is 0 Å². The van der Waals surface area contributed by atoms with Gasteiger partial charge in [0.2, 0.25) is 0 Å². The second kappa shape index (κ2) is 8.72. The summed E-state index contributed by atoms with van der Waals surface area (Å²) in [6, 6.07) is 22.7. The van der Waals surface area contributed by atoms with Crippen molar-refractivity contribution in [2.45, 2.75) is 6.54 Å². The van der Waals surface area contributed by atoms with Crippen LogP contribution in [0.3, 0.4) is 0 Å². The molecule has 1 aliphatic heterocycles. The molecule has 3 heterocycles. The maximum absolute atomic E-state index is 13.5. The van der Waals surface area contributed by atoms with Crippen molar-refractivity contribution in [1.82, 2.24) is 4.90 Å². The zero-order valence-electron chi connectivity index (χ0n) is 16.8. The molecule has 0 spiro atoms. The number of hydrogen-bond acceptors (Lipinski definition) is 5. The Morgan fingerprint density at radius 1 is 1.00 bits per heavy atom. The van der Waals surface area contributed by atoms with E-state index in [-0.39, 0.29) is 18.3 Å². The lowest BCUT2D eigenvalue weighted by molar-refractivity contribution is -0.122. The first-order chi connectivity index (χ1) is 15.7. The minimum Gasteiger partial charge on any atom is -0.467 e. The molecule has 5 nitrogen and oxygen atoms in total. The number of aliphatic imine (C=N–C) groups is 1. The first-order valence-electron chi connectivity index (χ1n) is 9.89. The van der Waals surface area contributed by atoms with E-state index in [1.165, 1.54) is 23.9 Å². The van der Waals surface area contributed by atoms with E-state index in [1.807, 2.05) is 36.4 Å². The predicted octanol–water partition coefficient (Wildman–Crippen LogP) is 6.48. The van der Waals surface area contributed by atoms with E-state index in [1.54, 1.807) is 47.6 Å². The second-order valence-electron chi connectivity index (χ2n) is 7.02. The first kappa shape index (κ1) is 20.1. The van der Waals surface area contributed by atoms with Gasteiger partial charge in [-0.2, -0.15) is 0 Å². The van der Waals surface area contributed by atoms with Gasteiger partial charge in [0.05, 0.1) is 23.4 Å². The van der Waals surface area contributed by atoms with Gasteiger partial charge < -0.3 is 8.83 Å². The van der Waals surface area contributed by atoms with Crippen molar-refractivity contribution in [1.29, 1.82) is 0 Å². The lowest BCUT2D eigenvalue weighted by Crippen LogP contribution is -2.28. The van der Waals surface area contributed by atoms with Crippen molar-refractivity contribution in [2.24, 2.45) is 4.99 Å². The van der Waals surface area contributed by atoms with Crippen molar-refractivity contribution in [3.05, 3.63) is 107 Å². The summed E-state index contributed by atoms with van der Waals surface area (Å²) in [6.07, 6.45) is 3.25. The Bertz CT molecular complexity index is 1310. The molecule has 0 radical (unpaired) electrons. The van der Waals surface area contributed by atoms with Crippen LogP contribution in [0.15, 0.2) is 104 Å². The fourth-order valence-electron chi connectivity index (χ4n) is 3.26. The van der Waals surface area contributed by atoms with Crippen LogP contribution in [-0.4, -0.2) is 16.0 Å². The van der Waals surface area contributed by atoms with E-state index >= 15 is 0 Å². The number of hydrogen-bond donors (Lipinski definition) is 0. The number of benzene rings is 2. The average Bonchev–Trinajstić information content (AvgIpc) is 3.54. The molecule has 0 N–H and O–H groups in total. The molecule has 4 aromatic rings. The number of amidine groups is 1. The number of halogens is 1. The summed E-state index contributed by atoms with van der Waals surface area (Å²) >= 11 is 1.27. The molecule has 0 bridgehead atoms. The first-order valence-corrected chi connectivity index (χ1v) is 10.7. The summed E-state index contributed by atoms with van der Waals surface area (Å²) in [5.74, 6) is 1.16. The Morgan fingerprint density at radius 2 is 1.88 bits per heavy atom. The number of furan rings is 2. The summed E-state index contributed by atoms with van der Waals surface area (Å²) in [5.41, 5.74) is 1.38. The fraction of sp³-hybridized carbons (Fsp3) is 0.0400. The summed E-state index contributed by atoms with van der Waals surface area (Å²) in [7, 11) is 0. The second-order valence-corrected chi connectivity index (χ2v) is 8.03. The van der Waals surface area contributed by atoms with Gasteiger partial charge in [-0.15, -0.1) is 0 Å². The largest absolute Gasteiger partial charge is 0.467 e. The summed E-state index contributed by atoms with van der Waals surface area (Å²) < 4.78 is 24.8. The molecule has 7 heteroatoms. The smallest absolute Gasteiger partial charge is 0.267 e. The molecule has 5 rings (SSSR count). The number of carbonyl (C=O) groups is 1. The van der Waals surface area contributed by atoms with Crippen LogP contribution in [0.2, 0.25) is 0 Å². The van der Waals surface area contributed by atoms with Crippen molar-refractivity contribution in [3.8, 4) is 11.3 Å². The SMILES string of the molecule is O=C1/C(=C/c2ccc(-c3cccc(F)c3)o2)SC(=Nc2ccccc2)N1Cc1ccco1. The highest BCUT2D eigenvalue weighted by Crippen LogP contribution is 2.36. The summed E-state index contributed by atoms with van der Waals surface area (Å²) in [4.78, 5) is 19.9. The Kier molecular flexibility index (Phi) is 5.47. The quantitative estimate of drug-likeness (QED) is 0.331. The van der Waals surface area contributed by atoms with Gasteiger partial charge in [0.1, 0.15) is 23.1 Å². The minimum atomic E-state index is -0.337. The molecule has 0 aliphatic carbocycles. The fourth-order valence-corrected chi connectivity index (χ4v) is 4.24.